The average molecular weight is 202 g/mol. The van der Waals surface area contributed by atoms with Crippen LogP contribution >= 0.6 is 0 Å². The average Bonchev–Trinajstić information content (AvgIpc) is 2.74. The molecule has 0 atom stereocenters. The van der Waals surface area contributed by atoms with E-state index in [1.165, 1.54) is 0 Å². The number of rotatable bonds is 1. The highest BCUT2D eigenvalue weighted by atomic mass is 16.4. The number of hydrogen-bond acceptors (Lipinski definition) is 4. The molecular formula is C11H10N2O2. The summed E-state index contributed by atoms with van der Waals surface area (Å²) < 4.78 is 10.9. The molecule has 15 heavy (non-hydrogen) atoms. The Morgan fingerprint density at radius 2 is 1.80 bits per heavy atom. The van der Waals surface area contributed by atoms with Gasteiger partial charge in [0, 0.05) is 18.6 Å². The van der Waals surface area contributed by atoms with E-state index in [0.29, 0.717) is 11.4 Å². The van der Waals surface area contributed by atoms with Crippen molar-refractivity contribution in [3.8, 4) is 0 Å². The standard InChI is InChI=1S/C11H10N2O2/c1-3-7-5-9-11(15-7)13-10-8(12-9)4-6(2)14-10/h4-5H,3H2,1-2H3. The van der Waals surface area contributed by atoms with Gasteiger partial charge in [0.1, 0.15) is 22.6 Å². The zero-order chi connectivity index (χ0) is 10.4. The first kappa shape index (κ1) is 8.47. The molecule has 76 valence electrons. The molecule has 0 fully saturated rings. The van der Waals surface area contributed by atoms with E-state index in [1.54, 1.807) is 0 Å². The molecule has 3 heterocycles. The fourth-order valence-corrected chi connectivity index (χ4v) is 1.63. The van der Waals surface area contributed by atoms with Gasteiger partial charge >= 0.3 is 0 Å². The third-order valence-electron chi connectivity index (χ3n) is 2.35. The molecule has 0 amide bonds. The Hall–Kier alpha value is -1.84. The molecule has 0 saturated heterocycles. The van der Waals surface area contributed by atoms with Gasteiger partial charge in [0.25, 0.3) is 0 Å². The van der Waals surface area contributed by atoms with Crippen molar-refractivity contribution >= 4 is 22.5 Å². The molecule has 4 heteroatoms. The summed E-state index contributed by atoms with van der Waals surface area (Å²) in [6.07, 6.45) is 0.846. The van der Waals surface area contributed by atoms with Crippen molar-refractivity contribution in [3.63, 3.8) is 0 Å². The van der Waals surface area contributed by atoms with Crippen molar-refractivity contribution in [2.24, 2.45) is 0 Å². The Morgan fingerprint density at radius 3 is 2.60 bits per heavy atom. The Bertz CT molecular complexity index is 585. The van der Waals surface area contributed by atoms with E-state index < -0.39 is 0 Å². The van der Waals surface area contributed by atoms with Gasteiger partial charge < -0.3 is 8.83 Å². The van der Waals surface area contributed by atoms with E-state index in [0.717, 1.165) is 29.0 Å². The summed E-state index contributed by atoms with van der Waals surface area (Å²) in [7, 11) is 0. The Balaban J connectivity index is 2.37. The third kappa shape index (κ3) is 1.21. The highest BCUT2D eigenvalue weighted by Crippen LogP contribution is 2.21. The van der Waals surface area contributed by atoms with Crippen LogP contribution in [-0.2, 0) is 6.42 Å². The minimum Gasteiger partial charge on any atom is -0.442 e. The quantitative estimate of drug-likeness (QED) is 0.608. The van der Waals surface area contributed by atoms with E-state index in [2.05, 4.69) is 9.97 Å². The van der Waals surface area contributed by atoms with Crippen LogP contribution < -0.4 is 0 Å². The van der Waals surface area contributed by atoms with Gasteiger partial charge in [-0.3, -0.25) is 0 Å². The van der Waals surface area contributed by atoms with Crippen molar-refractivity contribution in [1.29, 1.82) is 0 Å². The molecular weight excluding hydrogens is 192 g/mol. The first-order chi connectivity index (χ1) is 7.26. The normalized spacial score (nSPS) is 11.6. The molecule has 3 aromatic rings. The molecule has 0 aromatic carbocycles. The van der Waals surface area contributed by atoms with E-state index in [1.807, 2.05) is 26.0 Å². The van der Waals surface area contributed by atoms with Gasteiger partial charge in [0.05, 0.1) is 0 Å². The Morgan fingerprint density at radius 1 is 1.07 bits per heavy atom. The topological polar surface area (TPSA) is 52.1 Å². The molecule has 0 spiro atoms. The number of aromatic nitrogens is 2. The maximum atomic E-state index is 5.50. The van der Waals surface area contributed by atoms with Gasteiger partial charge in [-0.05, 0) is 6.92 Å². The maximum Gasteiger partial charge on any atom is 0.248 e. The summed E-state index contributed by atoms with van der Waals surface area (Å²) in [4.78, 5) is 8.69. The van der Waals surface area contributed by atoms with Crippen LogP contribution in [0.3, 0.4) is 0 Å². The van der Waals surface area contributed by atoms with Crippen molar-refractivity contribution < 1.29 is 8.83 Å². The summed E-state index contributed by atoms with van der Waals surface area (Å²) >= 11 is 0. The molecule has 0 saturated carbocycles. The second-order valence-electron chi connectivity index (χ2n) is 3.53. The number of furan rings is 2. The fraction of sp³-hybridized carbons (Fsp3) is 0.273. The summed E-state index contributed by atoms with van der Waals surface area (Å²) in [5, 5.41) is 0. The number of hydrogen-bond donors (Lipinski definition) is 0. The molecule has 0 aliphatic rings. The van der Waals surface area contributed by atoms with Crippen LogP contribution in [0.15, 0.2) is 21.0 Å². The van der Waals surface area contributed by atoms with Crippen LogP contribution in [0.2, 0.25) is 0 Å². The van der Waals surface area contributed by atoms with Crippen molar-refractivity contribution in [2.45, 2.75) is 20.3 Å². The minimum atomic E-state index is 0.539. The maximum absolute atomic E-state index is 5.50. The van der Waals surface area contributed by atoms with Gasteiger partial charge in [-0.25, -0.2) is 4.98 Å². The van der Waals surface area contributed by atoms with Crippen molar-refractivity contribution in [3.05, 3.63) is 23.7 Å². The highest BCUT2D eigenvalue weighted by molar-refractivity contribution is 5.81. The van der Waals surface area contributed by atoms with Gasteiger partial charge in [0.15, 0.2) is 0 Å². The van der Waals surface area contributed by atoms with Crippen molar-refractivity contribution in [1.82, 2.24) is 9.97 Å². The molecule has 0 unspecified atom stereocenters. The van der Waals surface area contributed by atoms with Crippen molar-refractivity contribution in [2.75, 3.05) is 0 Å². The fourth-order valence-electron chi connectivity index (χ4n) is 1.63. The SMILES string of the molecule is CCc1cc2nc3cc(C)oc3nc2o1. The lowest BCUT2D eigenvalue weighted by atomic mass is 10.3. The summed E-state index contributed by atoms with van der Waals surface area (Å²) in [5.74, 6) is 1.71. The van der Waals surface area contributed by atoms with Crippen LogP contribution in [0.1, 0.15) is 18.4 Å². The Labute approximate surface area is 85.9 Å². The smallest absolute Gasteiger partial charge is 0.248 e. The van der Waals surface area contributed by atoms with Gasteiger partial charge in [-0.1, -0.05) is 6.92 Å². The predicted octanol–water partition coefficient (Wildman–Crippen LogP) is 2.84. The largest absolute Gasteiger partial charge is 0.442 e. The van der Waals surface area contributed by atoms with Crippen LogP contribution in [0.5, 0.6) is 0 Å². The zero-order valence-corrected chi connectivity index (χ0v) is 8.57. The first-order valence-corrected chi connectivity index (χ1v) is 4.93. The number of nitrogens with zero attached hydrogens (tertiary/aromatic N) is 2. The molecule has 3 rings (SSSR count). The summed E-state index contributed by atoms with van der Waals surface area (Å²) in [5.41, 5.74) is 2.66. The minimum absolute atomic E-state index is 0.539. The molecule has 0 N–H and O–H groups in total. The monoisotopic (exact) mass is 202 g/mol. The highest BCUT2D eigenvalue weighted by Gasteiger charge is 2.09. The van der Waals surface area contributed by atoms with E-state index >= 15 is 0 Å². The number of aryl methyl sites for hydroxylation is 2. The van der Waals surface area contributed by atoms with Crippen LogP contribution in [-0.4, -0.2) is 9.97 Å². The third-order valence-corrected chi connectivity index (χ3v) is 2.35. The number of fused-ring (bicyclic) bond motifs is 2. The molecule has 0 radical (unpaired) electrons. The molecule has 3 aromatic heterocycles. The second-order valence-corrected chi connectivity index (χ2v) is 3.53. The lowest BCUT2D eigenvalue weighted by Crippen LogP contribution is -1.78. The first-order valence-electron chi connectivity index (χ1n) is 4.93. The van der Waals surface area contributed by atoms with Gasteiger partial charge in [0.2, 0.25) is 11.4 Å². The van der Waals surface area contributed by atoms with E-state index in [4.69, 9.17) is 8.83 Å². The predicted molar refractivity (Wildman–Crippen MR) is 55.7 cm³/mol. The molecule has 0 aliphatic heterocycles. The van der Waals surface area contributed by atoms with E-state index in [9.17, 15) is 0 Å². The second kappa shape index (κ2) is 2.82. The van der Waals surface area contributed by atoms with Gasteiger partial charge in [-0.15, -0.1) is 0 Å². The zero-order valence-electron chi connectivity index (χ0n) is 8.57. The van der Waals surface area contributed by atoms with Crippen LogP contribution in [0.25, 0.3) is 22.5 Å². The summed E-state index contributed by atoms with van der Waals surface area (Å²) in [6.45, 7) is 3.91. The Kier molecular flexibility index (Phi) is 1.59. The summed E-state index contributed by atoms with van der Waals surface area (Å²) in [6, 6.07) is 3.80. The van der Waals surface area contributed by atoms with E-state index in [-0.39, 0.29) is 0 Å². The lowest BCUT2D eigenvalue weighted by molar-refractivity contribution is 0.537. The van der Waals surface area contributed by atoms with Gasteiger partial charge in [-0.2, -0.15) is 4.98 Å². The van der Waals surface area contributed by atoms with Crippen LogP contribution in [0, 0.1) is 6.92 Å². The molecule has 0 aliphatic carbocycles. The lowest BCUT2D eigenvalue weighted by Gasteiger charge is -1.86. The molecule has 4 nitrogen and oxygen atoms in total. The van der Waals surface area contributed by atoms with Crippen LogP contribution in [0.4, 0.5) is 0 Å². The molecule has 0 bridgehead atoms.